The summed E-state index contributed by atoms with van der Waals surface area (Å²) in [4.78, 5) is 3.19. The SMILES string of the molecule is CC(N)C1(c2ccc3c(Cl)c[nH]c3c2)CC1. The van der Waals surface area contributed by atoms with Crippen LogP contribution >= 0.6 is 11.6 Å². The van der Waals surface area contributed by atoms with Gasteiger partial charge in [0.15, 0.2) is 0 Å². The predicted molar refractivity (Wildman–Crippen MR) is 67.9 cm³/mol. The summed E-state index contributed by atoms with van der Waals surface area (Å²) in [6.45, 7) is 2.10. The quantitative estimate of drug-likeness (QED) is 0.823. The molecule has 2 aromatic rings. The average molecular weight is 235 g/mol. The lowest BCUT2D eigenvalue weighted by atomic mass is 9.89. The van der Waals surface area contributed by atoms with Gasteiger partial charge < -0.3 is 10.7 Å². The van der Waals surface area contributed by atoms with Crippen molar-refractivity contribution in [1.29, 1.82) is 0 Å². The molecule has 0 bridgehead atoms. The summed E-state index contributed by atoms with van der Waals surface area (Å²) in [5.41, 5.74) is 8.74. The number of rotatable bonds is 2. The van der Waals surface area contributed by atoms with Crippen LogP contribution < -0.4 is 5.73 Å². The van der Waals surface area contributed by atoms with Crippen LogP contribution in [0, 0.1) is 0 Å². The molecular formula is C13H15ClN2. The molecule has 3 N–H and O–H groups in total. The summed E-state index contributed by atoms with van der Waals surface area (Å²) in [6.07, 6.45) is 4.23. The first-order chi connectivity index (χ1) is 7.63. The highest BCUT2D eigenvalue weighted by Crippen LogP contribution is 2.50. The molecule has 0 radical (unpaired) electrons. The van der Waals surface area contributed by atoms with Crippen molar-refractivity contribution in [3.8, 4) is 0 Å². The minimum atomic E-state index is 0.214. The Morgan fingerprint density at radius 2 is 2.19 bits per heavy atom. The molecule has 1 saturated carbocycles. The van der Waals surface area contributed by atoms with Crippen LogP contribution in [0.25, 0.3) is 10.9 Å². The zero-order valence-electron chi connectivity index (χ0n) is 9.26. The molecule has 16 heavy (non-hydrogen) atoms. The van der Waals surface area contributed by atoms with Gasteiger partial charge in [0.1, 0.15) is 0 Å². The maximum Gasteiger partial charge on any atom is 0.0659 e. The second kappa shape index (κ2) is 3.25. The Labute approximate surface area is 99.8 Å². The fourth-order valence-corrected chi connectivity index (χ4v) is 2.76. The van der Waals surface area contributed by atoms with Crippen molar-refractivity contribution >= 4 is 22.5 Å². The largest absolute Gasteiger partial charge is 0.360 e. The van der Waals surface area contributed by atoms with E-state index in [9.17, 15) is 0 Å². The minimum absolute atomic E-state index is 0.214. The molecule has 0 amide bonds. The minimum Gasteiger partial charge on any atom is -0.360 e. The van der Waals surface area contributed by atoms with E-state index < -0.39 is 0 Å². The van der Waals surface area contributed by atoms with Crippen LogP contribution in [0.15, 0.2) is 24.4 Å². The first kappa shape index (κ1) is 10.2. The van der Waals surface area contributed by atoms with Crippen molar-refractivity contribution in [2.45, 2.75) is 31.2 Å². The number of H-pyrrole nitrogens is 1. The maximum atomic E-state index is 6.08. The fourth-order valence-electron chi connectivity index (χ4n) is 2.54. The van der Waals surface area contributed by atoms with Gasteiger partial charge in [0, 0.05) is 28.6 Å². The molecule has 3 heteroatoms. The molecule has 84 valence electrons. The number of fused-ring (bicyclic) bond motifs is 1. The smallest absolute Gasteiger partial charge is 0.0659 e. The van der Waals surface area contributed by atoms with Gasteiger partial charge in [0.2, 0.25) is 0 Å². The summed E-state index contributed by atoms with van der Waals surface area (Å²) in [5.74, 6) is 0. The molecule has 0 spiro atoms. The number of aromatic amines is 1. The van der Waals surface area contributed by atoms with E-state index >= 15 is 0 Å². The van der Waals surface area contributed by atoms with Gasteiger partial charge in [0.25, 0.3) is 0 Å². The van der Waals surface area contributed by atoms with E-state index in [4.69, 9.17) is 17.3 Å². The van der Waals surface area contributed by atoms with Crippen molar-refractivity contribution in [2.75, 3.05) is 0 Å². The number of aromatic nitrogens is 1. The van der Waals surface area contributed by atoms with Gasteiger partial charge in [-0.3, -0.25) is 0 Å². The number of halogens is 1. The van der Waals surface area contributed by atoms with Crippen molar-refractivity contribution in [3.63, 3.8) is 0 Å². The summed E-state index contributed by atoms with van der Waals surface area (Å²) >= 11 is 6.06. The Balaban J connectivity index is 2.12. The summed E-state index contributed by atoms with van der Waals surface area (Å²) in [5, 5.41) is 1.87. The topological polar surface area (TPSA) is 41.8 Å². The lowest BCUT2D eigenvalue weighted by molar-refractivity contribution is 0.557. The van der Waals surface area contributed by atoms with Gasteiger partial charge >= 0.3 is 0 Å². The average Bonchev–Trinajstić information content (AvgIpc) is 3.00. The highest BCUT2D eigenvalue weighted by atomic mass is 35.5. The number of nitrogens with one attached hydrogen (secondary N) is 1. The van der Waals surface area contributed by atoms with E-state index in [1.165, 1.54) is 18.4 Å². The third-order valence-electron chi connectivity index (χ3n) is 3.87. The molecule has 1 atom stereocenters. The van der Waals surface area contributed by atoms with E-state index in [-0.39, 0.29) is 11.5 Å². The summed E-state index contributed by atoms with van der Waals surface area (Å²) < 4.78 is 0. The molecule has 1 heterocycles. The van der Waals surface area contributed by atoms with Crippen LogP contribution in [-0.4, -0.2) is 11.0 Å². The molecule has 2 nitrogen and oxygen atoms in total. The van der Waals surface area contributed by atoms with Crippen LogP contribution in [0.1, 0.15) is 25.3 Å². The van der Waals surface area contributed by atoms with Gasteiger partial charge in [-0.1, -0.05) is 23.7 Å². The van der Waals surface area contributed by atoms with Crippen molar-refractivity contribution in [1.82, 2.24) is 4.98 Å². The van der Waals surface area contributed by atoms with Crippen LogP contribution in [-0.2, 0) is 5.41 Å². The molecule has 1 aromatic heterocycles. The molecule has 1 aromatic carbocycles. The standard InChI is InChI=1S/C13H15ClN2/c1-8(15)13(4-5-13)9-2-3-10-11(14)7-16-12(10)6-9/h2-3,6-8,16H,4-5,15H2,1H3. The zero-order valence-corrected chi connectivity index (χ0v) is 10.0. The van der Waals surface area contributed by atoms with Gasteiger partial charge in [-0.2, -0.15) is 0 Å². The Morgan fingerprint density at radius 3 is 2.81 bits per heavy atom. The normalized spacial score (nSPS) is 19.9. The Kier molecular flexibility index (Phi) is 2.07. The van der Waals surface area contributed by atoms with Crippen molar-refractivity contribution < 1.29 is 0 Å². The van der Waals surface area contributed by atoms with Gasteiger partial charge in [-0.25, -0.2) is 0 Å². The molecule has 1 aliphatic rings. The second-order valence-electron chi connectivity index (χ2n) is 4.84. The monoisotopic (exact) mass is 234 g/mol. The molecule has 3 rings (SSSR count). The van der Waals surface area contributed by atoms with E-state index in [0.29, 0.717) is 0 Å². The first-order valence-electron chi connectivity index (χ1n) is 5.66. The maximum absolute atomic E-state index is 6.08. The van der Waals surface area contributed by atoms with Gasteiger partial charge in [-0.15, -0.1) is 0 Å². The fraction of sp³-hybridized carbons (Fsp3) is 0.385. The van der Waals surface area contributed by atoms with Crippen LogP contribution in [0.5, 0.6) is 0 Å². The number of benzene rings is 1. The lowest BCUT2D eigenvalue weighted by Gasteiger charge is -2.20. The summed E-state index contributed by atoms with van der Waals surface area (Å²) in [7, 11) is 0. The third-order valence-corrected chi connectivity index (χ3v) is 4.18. The van der Waals surface area contributed by atoms with Crippen LogP contribution in [0.3, 0.4) is 0 Å². The van der Waals surface area contributed by atoms with Crippen molar-refractivity contribution in [3.05, 3.63) is 35.0 Å². The first-order valence-corrected chi connectivity index (χ1v) is 6.04. The van der Waals surface area contributed by atoms with Crippen LogP contribution in [0.2, 0.25) is 5.02 Å². The van der Waals surface area contributed by atoms with Crippen LogP contribution in [0.4, 0.5) is 0 Å². The highest BCUT2D eigenvalue weighted by Gasteiger charge is 2.47. The van der Waals surface area contributed by atoms with E-state index in [1.54, 1.807) is 0 Å². The molecule has 1 aliphatic carbocycles. The molecule has 0 aliphatic heterocycles. The lowest BCUT2D eigenvalue weighted by Crippen LogP contribution is -2.31. The zero-order chi connectivity index (χ0) is 11.3. The molecule has 1 fully saturated rings. The summed E-state index contributed by atoms with van der Waals surface area (Å²) in [6, 6.07) is 6.66. The molecule has 1 unspecified atom stereocenters. The van der Waals surface area contributed by atoms with E-state index in [1.807, 2.05) is 6.20 Å². The third kappa shape index (κ3) is 1.30. The number of hydrogen-bond donors (Lipinski definition) is 2. The Morgan fingerprint density at radius 1 is 1.44 bits per heavy atom. The predicted octanol–water partition coefficient (Wildman–Crippen LogP) is 3.20. The van der Waals surface area contributed by atoms with Gasteiger partial charge in [0.05, 0.1) is 5.02 Å². The Hall–Kier alpha value is -0.990. The Bertz CT molecular complexity index is 538. The number of hydrogen-bond acceptors (Lipinski definition) is 1. The van der Waals surface area contributed by atoms with Gasteiger partial charge in [-0.05, 0) is 31.4 Å². The van der Waals surface area contributed by atoms with E-state index in [2.05, 4.69) is 30.1 Å². The second-order valence-corrected chi connectivity index (χ2v) is 5.25. The molecule has 0 saturated heterocycles. The van der Waals surface area contributed by atoms with Crippen molar-refractivity contribution in [2.24, 2.45) is 5.73 Å². The number of nitrogens with two attached hydrogens (primary N) is 1. The highest BCUT2D eigenvalue weighted by molar-refractivity contribution is 6.35. The van der Waals surface area contributed by atoms with E-state index in [0.717, 1.165) is 15.9 Å². The molecular weight excluding hydrogens is 220 g/mol.